The Labute approximate surface area is 159 Å². The molecule has 0 saturated carbocycles. The lowest BCUT2D eigenvalue weighted by Gasteiger charge is -2.09. The highest BCUT2D eigenvalue weighted by atomic mass is 16.5. The standard InChI is InChI=1S/C21H23N3O3/c1-16-5-2-3-6-19(16)27-14-4-7-20(25)23-15-17-8-10-18(11-9-17)24-21(26)12-13-22/h2-3,5-6,8-11H,4,7,12,14-15H2,1H3,(H,23,25)(H,24,26). The van der Waals surface area contributed by atoms with Gasteiger partial charge in [0.1, 0.15) is 12.2 Å². The van der Waals surface area contributed by atoms with Crippen molar-refractivity contribution in [3.05, 3.63) is 59.7 Å². The van der Waals surface area contributed by atoms with E-state index in [0.717, 1.165) is 16.9 Å². The van der Waals surface area contributed by atoms with Crippen molar-refractivity contribution >= 4 is 17.5 Å². The molecule has 0 bridgehead atoms. The molecular weight excluding hydrogens is 342 g/mol. The van der Waals surface area contributed by atoms with E-state index in [1.165, 1.54) is 0 Å². The van der Waals surface area contributed by atoms with Crippen LogP contribution in [0.25, 0.3) is 0 Å². The van der Waals surface area contributed by atoms with E-state index in [9.17, 15) is 9.59 Å². The molecule has 2 aromatic carbocycles. The van der Waals surface area contributed by atoms with Gasteiger partial charge < -0.3 is 15.4 Å². The van der Waals surface area contributed by atoms with Crippen molar-refractivity contribution in [2.45, 2.75) is 32.7 Å². The number of anilines is 1. The Morgan fingerprint density at radius 2 is 1.81 bits per heavy atom. The Morgan fingerprint density at radius 1 is 1.07 bits per heavy atom. The fourth-order valence-electron chi connectivity index (χ4n) is 2.41. The summed E-state index contributed by atoms with van der Waals surface area (Å²) < 4.78 is 5.68. The number of ether oxygens (including phenoxy) is 1. The van der Waals surface area contributed by atoms with Gasteiger partial charge in [-0.05, 0) is 42.7 Å². The van der Waals surface area contributed by atoms with Crippen molar-refractivity contribution < 1.29 is 14.3 Å². The number of benzene rings is 2. The van der Waals surface area contributed by atoms with Gasteiger partial charge in [-0.15, -0.1) is 0 Å². The lowest BCUT2D eigenvalue weighted by atomic mass is 10.2. The SMILES string of the molecule is Cc1ccccc1OCCCC(=O)NCc1ccc(NC(=O)CC#N)cc1. The van der Waals surface area contributed by atoms with Gasteiger partial charge in [0.15, 0.2) is 0 Å². The van der Waals surface area contributed by atoms with E-state index in [0.29, 0.717) is 31.7 Å². The third-order valence-electron chi connectivity index (χ3n) is 3.87. The van der Waals surface area contributed by atoms with Crippen LogP contribution in [0.4, 0.5) is 5.69 Å². The Morgan fingerprint density at radius 3 is 2.52 bits per heavy atom. The number of aryl methyl sites for hydroxylation is 1. The van der Waals surface area contributed by atoms with Gasteiger partial charge >= 0.3 is 0 Å². The quantitative estimate of drug-likeness (QED) is 0.667. The van der Waals surface area contributed by atoms with Crippen molar-refractivity contribution in [3.8, 4) is 11.8 Å². The molecule has 0 fully saturated rings. The number of carbonyl (C=O) groups is 2. The first-order valence-electron chi connectivity index (χ1n) is 8.79. The summed E-state index contributed by atoms with van der Waals surface area (Å²) in [5, 5.41) is 14.0. The normalized spacial score (nSPS) is 9.93. The van der Waals surface area contributed by atoms with Gasteiger partial charge in [-0.2, -0.15) is 5.26 Å². The van der Waals surface area contributed by atoms with Gasteiger partial charge in [0.05, 0.1) is 12.7 Å². The fraction of sp³-hybridized carbons (Fsp3) is 0.286. The molecule has 0 aromatic heterocycles. The molecule has 140 valence electrons. The molecule has 0 aliphatic carbocycles. The largest absolute Gasteiger partial charge is 0.493 e. The zero-order valence-corrected chi connectivity index (χ0v) is 15.3. The topological polar surface area (TPSA) is 91.2 Å². The number of amides is 2. The molecule has 0 unspecified atom stereocenters. The van der Waals surface area contributed by atoms with Gasteiger partial charge in [-0.3, -0.25) is 9.59 Å². The molecular formula is C21H23N3O3. The number of hydrogen-bond donors (Lipinski definition) is 2. The van der Waals surface area contributed by atoms with Crippen LogP contribution in [-0.2, 0) is 16.1 Å². The van der Waals surface area contributed by atoms with Crippen LogP contribution < -0.4 is 15.4 Å². The zero-order chi connectivity index (χ0) is 19.5. The Kier molecular flexibility index (Phi) is 7.86. The fourth-order valence-corrected chi connectivity index (χ4v) is 2.41. The first-order valence-corrected chi connectivity index (χ1v) is 8.79. The summed E-state index contributed by atoms with van der Waals surface area (Å²) in [6.45, 7) is 2.90. The third-order valence-corrected chi connectivity index (χ3v) is 3.87. The maximum atomic E-state index is 11.9. The molecule has 27 heavy (non-hydrogen) atoms. The van der Waals surface area contributed by atoms with Gasteiger partial charge in [0, 0.05) is 18.7 Å². The van der Waals surface area contributed by atoms with Crippen LogP contribution in [0.2, 0.25) is 0 Å². The Hall–Kier alpha value is -3.33. The number of nitriles is 1. The lowest BCUT2D eigenvalue weighted by molar-refractivity contribution is -0.121. The summed E-state index contributed by atoms with van der Waals surface area (Å²) in [6, 6.07) is 16.7. The minimum Gasteiger partial charge on any atom is -0.493 e. The number of carbonyl (C=O) groups excluding carboxylic acids is 2. The second-order valence-corrected chi connectivity index (χ2v) is 6.07. The summed E-state index contributed by atoms with van der Waals surface area (Å²) in [7, 11) is 0. The predicted octanol–water partition coefficient (Wildman–Crippen LogP) is 3.32. The van der Waals surface area contributed by atoms with Gasteiger partial charge in [0.2, 0.25) is 11.8 Å². The average Bonchev–Trinajstić information content (AvgIpc) is 2.66. The Bertz CT molecular complexity index is 810. The van der Waals surface area contributed by atoms with Crippen LogP contribution in [0.15, 0.2) is 48.5 Å². The van der Waals surface area contributed by atoms with Gasteiger partial charge in [-0.25, -0.2) is 0 Å². The van der Waals surface area contributed by atoms with E-state index in [4.69, 9.17) is 10.00 Å². The van der Waals surface area contributed by atoms with Gasteiger partial charge in [0.25, 0.3) is 0 Å². The highest BCUT2D eigenvalue weighted by Crippen LogP contribution is 2.16. The molecule has 0 saturated heterocycles. The summed E-state index contributed by atoms with van der Waals surface area (Å²) in [4.78, 5) is 23.3. The van der Waals surface area contributed by atoms with E-state index in [1.807, 2.05) is 43.3 Å². The summed E-state index contributed by atoms with van der Waals surface area (Å²) in [5.41, 5.74) is 2.63. The molecule has 2 aromatic rings. The second-order valence-electron chi connectivity index (χ2n) is 6.07. The van der Waals surface area contributed by atoms with E-state index in [2.05, 4.69) is 10.6 Å². The molecule has 0 aliphatic rings. The van der Waals surface area contributed by atoms with Crippen molar-refractivity contribution in [1.29, 1.82) is 5.26 Å². The molecule has 0 heterocycles. The van der Waals surface area contributed by atoms with Crippen molar-refractivity contribution in [2.24, 2.45) is 0 Å². The molecule has 2 rings (SSSR count). The lowest BCUT2D eigenvalue weighted by Crippen LogP contribution is -2.23. The van der Waals surface area contributed by atoms with Crippen LogP contribution in [-0.4, -0.2) is 18.4 Å². The summed E-state index contributed by atoms with van der Waals surface area (Å²) in [6.07, 6.45) is 0.865. The summed E-state index contributed by atoms with van der Waals surface area (Å²) >= 11 is 0. The number of nitrogens with zero attached hydrogens (tertiary/aromatic N) is 1. The zero-order valence-electron chi connectivity index (χ0n) is 15.3. The maximum Gasteiger partial charge on any atom is 0.238 e. The number of rotatable bonds is 9. The van der Waals surface area contributed by atoms with Crippen molar-refractivity contribution in [2.75, 3.05) is 11.9 Å². The molecule has 2 amide bonds. The maximum absolute atomic E-state index is 11.9. The van der Waals surface area contributed by atoms with Crippen LogP contribution in [0, 0.1) is 18.3 Å². The van der Waals surface area contributed by atoms with Crippen molar-refractivity contribution in [1.82, 2.24) is 5.32 Å². The van der Waals surface area contributed by atoms with E-state index in [-0.39, 0.29) is 18.2 Å². The second kappa shape index (κ2) is 10.6. The van der Waals surface area contributed by atoms with Gasteiger partial charge in [-0.1, -0.05) is 30.3 Å². The summed E-state index contributed by atoms with van der Waals surface area (Å²) in [5.74, 6) is 0.473. The van der Waals surface area contributed by atoms with E-state index < -0.39 is 0 Å². The van der Waals surface area contributed by atoms with Crippen LogP contribution >= 0.6 is 0 Å². The molecule has 0 spiro atoms. The Balaban J connectivity index is 1.66. The minimum absolute atomic E-state index is 0.0326. The smallest absolute Gasteiger partial charge is 0.238 e. The molecule has 0 atom stereocenters. The minimum atomic E-state index is -0.341. The molecule has 0 radical (unpaired) electrons. The molecule has 0 aliphatic heterocycles. The van der Waals surface area contributed by atoms with E-state index >= 15 is 0 Å². The monoisotopic (exact) mass is 365 g/mol. The predicted molar refractivity (Wildman–Crippen MR) is 103 cm³/mol. The highest BCUT2D eigenvalue weighted by Gasteiger charge is 2.04. The average molecular weight is 365 g/mol. The number of hydrogen-bond acceptors (Lipinski definition) is 4. The number of para-hydroxylation sites is 1. The van der Waals surface area contributed by atoms with E-state index in [1.54, 1.807) is 18.2 Å². The first kappa shape index (κ1) is 20.0. The molecule has 6 heteroatoms. The molecule has 2 N–H and O–H groups in total. The van der Waals surface area contributed by atoms with Crippen molar-refractivity contribution in [3.63, 3.8) is 0 Å². The van der Waals surface area contributed by atoms with Crippen LogP contribution in [0.1, 0.15) is 30.4 Å². The highest BCUT2D eigenvalue weighted by molar-refractivity contribution is 5.92. The number of nitrogens with one attached hydrogen (secondary N) is 2. The van der Waals surface area contributed by atoms with Crippen LogP contribution in [0.3, 0.4) is 0 Å². The first-order chi connectivity index (χ1) is 13.1. The molecule has 6 nitrogen and oxygen atoms in total. The van der Waals surface area contributed by atoms with Crippen LogP contribution in [0.5, 0.6) is 5.75 Å². The third kappa shape index (κ3) is 7.20.